The summed E-state index contributed by atoms with van der Waals surface area (Å²) in [7, 11) is 0. The molecule has 0 spiro atoms. The second-order valence-electron chi connectivity index (χ2n) is 11.1. The lowest BCUT2D eigenvalue weighted by atomic mass is 10.1. The second-order valence-corrected chi connectivity index (χ2v) is 18.6. The molecule has 0 bridgehead atoms. The lowest BCUT2D eigenvalue weighted by Gasteiger charge is -1.99. The standard InChI is InChI=1S/C37H23NO7S7/c1-2-13-38-36(43)28-11-7-22(48-28)20-3-5-24(46-20)30-14-18(16-32(39)40)34(51-30)26-9-10-27(50-26)35-19(17-33(41)42)15-31(52-35)25-6-4-21(47-25)23-8-12-29(49-23)37(44)45/h1,3-12,14-15H,13,16-17H2,(H,38,43)(H,39,40)(H,41,42)(H,44,45). The quantitative estimate of drug-likeness (QED) is 0.0849. The van der Waals surface area contributed by atoms with E-state index in [-0.39, 0.29) is 30.2 Å². The normalized spacial score (nSPS) is 11.1. The van der Waals surface area contributed by atoms with Crippen LogP contribution in [-0.4, -0.2) is 45.7 Å². The molecule has 0 aliphatic carbocycles. The lowest BCUT2D eigenvalue weighted by Crippen LogP contribution is -2.22. The van der Waals surface area contributed by atoms with E-state index in [1.807, 2.05) is 54.6 Å². The van der Waals surface area contributed by atoms with E-state index in [0.29, 0.717) is 16.0 Å². The van der Waals surface area contributed by atoms with E-state index < -0.39 is 17.9 Å². The summed E-state index contributed by atoms with van der Waals surface area (Å²) < 4.78 is 0. The van der Waals surface area contributed by atoms with Crippen LogP contribution in [0.4, 0.5) is 0 Å². The van der Waals surface area contributed by atoms with E-state index in [2.05, 4.69) is 11.2 Å². The number of thiophene rings is 7. The molecule has 1 amide bonds. The van der Waals surface area contributed by atoms with Gasteiger partial charge in [0.05, 0.1) is 24.3 Å². The second kappa shape index (κ2) is 15.1. The molecule has 0 unspecified atom stereocenters. The van der Waals surface area contributed by atoms with Crippen molar-refractivity contribution in [2.24, 2.45) is 0 Å². The molecule has 4 N–H and O–H groups in total. The first-order chi connectivity index (χ1) is 25.1. The van der Waals surface area contributed by atoms with Gasteiger partial charge in [-0.25, -0.2) is 4.79 Å². The Labute approximate surface area is 324 Å². The van der Waals surface area contributed by atoms with E-state index in [1.54, 1.807) is 29.5 Å². The molecule has 0 saturated carbocycles. The van der Waals surface area contributed by atoms with Crippen molar-refractivity contribution >= 4 is 103 Å². The summed E-state index contributed by atoms with van der Waals surface area (Å²) in [6, 6.07) is 22.7. The molecule has 7 aromatic heterocycles. The van der Waals surface area contributed by atoms with Crippen LogP contribution < -0.4 is 5.32 Å². The summed E-state index contributed by atoms with van der Waals surface area (Å²) in [6.45, 7) is 0.157. The zero-order chi connectivity index (χ0) is 36.5. The Bertz CT molecular complexity index is 2530. The van der Waals surface area contributed by atoms with Crippen LogP contribution in [0.15, 0.2) is 72.8 Å². The first-order valence-electron chi connectivity index (χ1n) is 15.2. The molecule has 7 aromatic rings. The molecule has 0 saturated heterocycles. The number of carboxylic acids is 3. The van der Waals surface area contributed by atoms with Gasteiger partial charge in [-0.1, -0.05) is 5.92 Å². The molecule has 260 valence electrons. The van der Waals surface area contributed by atoms with Crippen LogP contribution >= 0.6 is 79.4 Å². The Balaban J connectivity index is 1.18. The molecule has 0 fully saturated rings. The van der Waals surface area contributed by atoms with Gasteiger partial charge in [-0.15, -0.1) is 85.8 Å². The zero-order valence-electron chi connectivity index (χ0n) is 26.5. The summed E-state index contributed by atoms with van der Waals surface area (Å²) in [5.74, 6) is -0.665. The number of carbonyl (C=O) groups is 4. The van der Waals surface area contributed by atoms with Gasteiger partial charge >= 0.3 is 17.9 Å². The number of carboxylic acid groups (broad SMARTS) is 3. The van der Waals surface area contributed by atoms with Crippen molar-refractivity contribution in [2.45, 2.75) is 12.8 Å². The van der Waals surface area contributed by atoms with Crippen LogP contribution in [0.1, 0.15) is 30.5 Å². The van der Waals surface area contributed by atoms with Crippen molar-refractivity contribution in [1.29, 1.82) is 0 Å². The summed E-state index contributed by atoms with van der Waals surface area (Å²) in [4.78, 5) is 59.4. The fraction of sp³-hybridized carbons (Fsp3) is 0.0811. The number of carbonyl (C=O) groups excluding carboxylic acids is 1. The highest BCUT2D eigenvalue weighted by Gasteiger charge is 2.22. The molecule has 52 heavy (non-hydrogen) atoms. The molecular formula is C37H23NO7S7. The van der Waals surface area contributed by atoms with Crippen molar-refractivity contribution in [1.82, 2.24) is 5.32 Å². The minimum atomic E-state index is -0.965. The maximum atomic E-state index is 12.4. The van der Waals surface area contributed by atoms with E-state index in [4.69, 9.17) is 6.42 Å². The first-order valence-corrected chi connectivity index (χ1v) is 20.9. The Kier molecular flexibility index (Phi) is 10.4. The lowest BCUT2D eigenvalue weighted by molar-refractivity contribution is -0.137. The molecule has 7 heterocycles. The fourth-order valence-electron chi connectivity index (χ4n) is 5.29. The monoisotopic (exact) mass is 817 g/mol. The SMILES string of the molecule is C#CCNC(=O)c1ccc(-c2ccc(-c3cc(CC(=O)O)c(-c4ccc(-c5sc(-c6ccc(-c7ccc(C(=O)O)s7)s6)cc5CC(=O)O)s4)s3)s2)s1. The molecule has 8 nitrogen and oxygen atoms in total. The number of rotatable bonds is 13. The number of nitrogens with one attached hydrogen (secondary N) is 1. The van der Waals surface area contributed by atoms with Gasteiger partial charge in [-0.3, -0.25) is 14.4 Å². The smallest absolute Gasteiger partial charge is 0.345 e. The number of aliphatic carboxylic acids is 2. The third-order valence-corrected chi connectivity index (χ3v) is 16.4. The van der Waals surface area contributed by atoms with Crippen LogP contribution in [0.25, 0.3) is 58.5 Å². The Morgan fingerprint density at radius 2 is 0.904 bits per heavy atom. The minimum absolute atomic E-state index is 0.148. The maximum Gasteiger partial charge on any atom is 0.345 e. The summed E-state index contributed by atoms with van der Waals surface area (Å²) in [6.07, 6.45) is 4.96. The molecule has 0 aliphatic rings. The van der Waals surface area contributed by atoms with Gasteiger partial charge in [0.25, 0.3) is 5.91 Å². The Morgan fingerprint density at radius 3 is 1.35 bits per heavy atom. The van der Waals surface area contributed by atoms with E-state index in [1.165, 1.54) is 68.0 Å². The number of hydrogen-bond acceptors (Lipinski definition) is 11. The van der Waals surface area contributed by atoms with Gasteiger partial charge in [0.15, 0.2) is 0 Å². The van der Waals surface area contributed by atoms with Crippen LogP contribution in [-0.2, 0) is 22.4 Å². The van der Waals surface area contributed by atoms with Crippen LogP contribution in [0.5, 0.6) is 0 Å². The fourth-order valence-corrected chi connectivity index (χ4v) is 13.1. The number of amides is 1. The summed E-state index contributed by atoms with van der Waals surface area (Å²) in [5, 5.41) is 31.5. The van der Waals surface area contributed by atoms with E-state index >= 15 is 0 Å². The molecule has 0 aromatic carbocycles. The van der Waals surface area contributed by atoms with Crippen LogP contribution in [0.3, 0.4) is 0 Å². The average Bonchev–Trinajstić information content (AvgIpc) is 3.93. The number of hydrogen-bond donors (Lipinski definition) is 4. The average molecular weight is 818 g/mol. The zero-order valence-corrected chi connectivity index (χ0v) is 32.2. The highest BCUT2D eigenvalue weighted by atomic mass is 32.1. The van der Waals surface area contributed by atoms with Crippen molar-refractivity contribution in [3.05, 3.63) is 93.7 Å². The molecule has 0 radical (unpaired) electrons. The van der Waals surface area contributed by atoms with Gasteiger partial charge in [-0.05, 0) is 83.9 Å². The molecule has 15 heteroatoms. The van der Waals surface area contributed by atoms with Gasteiger partial charge in [-0.2, -0.15) is 0 Å². The minimum Gasteiger partial charge on any atom is -0.481 e. The molecule has 0 atom stereocenters. The number of terminal acetylenes is 1. The highest BCUT2D eigenvalue weighted by Crippen LogP contribution is 2.49. The molecular weight excluding hydrogens is 795 g/mol. The van der Waals surface area contributed by atoms with Gasteiger partial charge < -0.3 is 20.6 Å². The third kappa shape index (κ3) is 7.59. The summed E-state index contributed by atoms with van der Waals surface area (Å²) in [5.41, 5.74) is 1.39. The summed E-state index contributed by atoms with van der Waals surface area (Å²) >= 11 is 10.2. The van der Waals surface area contributed by atoms with Gasteiger partial charge in [0.1, 0.15) is 4.88 Å². The third-order valence-electron chi connectivity index (χ3n) is 7.54. The van der Waals surface area contributed by atoms with Crippen LogP contribution in [0.2, 0.25) is 0 Å². The Morgan fingerprint density at radius 1 is 0.519 bits per heavy atom. The van der Waals surface area contributed by atoms with Gasteiger partial charge in [0, 0.05) is 58.5 Å². The predicted molar refractivity (Wildman–Crippen MR) is 215 cm³/mol. The number of aromatic carboxylic acids is 1. The van der Waals surface area contributed by atoms with E-state index in [0.717, 1.165) is 58.5 Å². The highest BCUT2D eigenvalue weighted by molar-refractivity contribution is 7.31. The predicted octanol–water partition coefficient (Wildman–Crippen LogP) is 10.4. The topological polar surface area (TPSA) is 141 Å². The molecule has 7 rings (SSSR count). The maximum absolute atomic E-state index is 12.4. The van der Waals surface area contributed by atoms with Crippen molar-refractivity contribution in [3.63, 3.8) is 0 Å². The van der Waals surface area contributed by atoms with Crippen molar-refractivity contribution in [2.75, 3.05) is 6.54 Å². The van der Waals surface area contributed by atoms with Gasteiger partial charge in [0.2, 0.25) is 0 Å². The van der Waals surface area contributed by atoms with Crippen molar-refractivity contribution in [3.8, 4) is 70.9 Å². The Hall–Kier alpha value is -4.66. The van der Waals surface area contributed by atoms with Crippen molar-refractivity contribution < 1.29 is 34.5 Å². The van der Waals surface area contributed by atoms with E-state index in [9.17, 15) is 34.5 Å². The first kappa shape index (κ1) is 35.7. The van der Waals surface area contributed by atoms with Crippen LogP contribution in [0, 0.1) is 12.3 Å². The molecule has 0 aliphatic heterocycles. The largest absolute Gasteiger partial charge is 0.481 e.